The van der Waals surface area contributed by atoms with Crippen LogP contribution in [0.2, 0.25) is 0 Å². The number of urea groups is 1. The van der Waals surface area contributed by atoms with Gasteiger partial charge in [-0.1, -0.05) is 30.4 Å². The van der Waals surface area contributed by atoms with Gasteiger partial charge in [-0.15, -0.1) is 0 Å². The number of hydrogen-bond acceptors (Lipinski definition) is 3. The van der Waals surface area contributed by atoms with E-state index in [4.69, 9.17) is 0 Å². The van der Waals surface area contributed by atoms with E-state index in [2.05, 4.69) is 17.3 Å². The Balaban J connectivity index is 1.65. The summed E-state index contributed by atoms with van der Waals surface area (Å²) in [5, 5.41) is 12.5. The van der Waals surface area contributed by atoms with E-state index in [9.17, 15) is 14.3 Å². The Labute approximate surface area is 160 Å². The van der Waals surface area contributed by atoms with Gasteiger partial charge >= 0.3 is 6.03 Å². The smallest absolute Gasteiger partial charge is 0.318 e. The van der Waals surface area contributed by atoms with Crippen molar-refractivity contribution >= 4 is 6.03 Å². The third-order valence-corrected chi connectivity index (χ3v) is 5.25. The predicted molar refractivity (Wildman–Crippen MR) is 104 cm³/mol. The van der Waals surface area contributed by atoms with Crippen LogP contribution in [0.25, 0.3) is 0 Å². The minimum Gasteiger partial charge on any atom is -0.389 e. The number of aliphatic hydroxyl groups excluding tert-OH is 1. The normalized spacial score (nSPS) is 21.0. The van der Waals surface area contributed by atoms with E-state index in [1.165, 1.54) is 12.1 Å². The van der Waals surface area contributed by atoms with Gasteiger partial charge in [-0.3, -0.25) is 0 Å². The van der Waals surface area contributed by atoms with Gasteiger partial charge in [-0.25, -0.2) is 9.18 Å². The van der Waals surface area contributed by atoms with Crippen LogP contribution in [0, 0.1) is 5.82 Å². The SMILES string of the molecule is CN1CCC(N(Cc2ccc(F)cc2)C(=O)NCC2=CCC(O)C=C2)CC1. The Bertz CT molecular complexity index is 694. The first kappa shape index (κ1) is 19.6. The maximum Gasteiger partial charge on any atom is 0.318 e. The Kier molecular flexibility index (Phi) is 6.63. The van der Waals surface area contributed by atoms with Crippen molar-refractivity contribution in [3.8, 4) is 0 Å². The van der Waals surface area contributed by atoms with Gasteiger partial charge in [-0.2, -0.15) is 0 Å². The minimum atomic E-state index is -0.432. The summed E-state index contributed by atoms with van der Waals surface area (Å²) in [6.45, 7) is 2.83. The molecule has 2 amide bonds. The van der Waals surface area contributed by atoms with Crippen LogP contribution in [0.15, 0.2) is 48.1 Å². The first-order chi connectivity index (χ1) is 13.0. The molecule has 1 unspecified atom stereocenters. The summed E-state index contributed by atoms with van der Waals surface area (Å²) in [5.74, 6) is -0.271. The van der Waals surface area contributed by atoms with Crippen LogP contribution in [-0.4, -0.2) is 59.8 Å². The molecule has 27 heavy (non-hydrogen) atoms. The highest BCUT2D eigenvalue weighted by Gasteiger charge is 2.27. The molecule has 1 aliphatic heterocycles. The quantitative estimate of drug-likeness (QED) is 0.834. The number of nitrogens with one attached hydrogen (secondary N) is 1. The predicted octanol–water partition coefficient (Wildman–Crippen LogP) is 2.68. The molecule has 0 radical (unpaired) electrons. The number of halogens is 1. The highest BCUT2D eigenvalue weighted by Crippen LogP contribution is 2.19. The van der Waals surface area contributed by atoms with E-state index in [0.717, 1.165) is 37.1 Å². The molecular formula is C21H28FN3O2. The Morgan fingerprint density at radius 2 is 2.00 bits per heavy atom. The lowest BCUT2D eigenvalue weighted by Crippen LogP contribution is -2.50. The Hall–Kier alpha value is -2.18. The summed E-state index contributed by atoms with van der Waals surface area (Å²) in [6.07, 6.45) is 7.56. The van der Waals surface area contributed by atoms with Crippen LogP contribution in [0.3, 0.4) is 0 Å². The fourth-order valence-corrected chi connectivity index (χ4v) is 3.52. The van der Waals surface area contributed by atoms with Gasteiger partial charge in [0, 0.05) is 19.1 Å². The summed E-state index contributed by atoms with van der Waals surface area (Å²) in [5.41, 5.74) is 1.92. The number of benzene rings is 1. The van der Waals surface area contributed by atoms with Crippen LogP contribution < -0.4 is 5.32 Å². The molecule has 1 saturated heterocycles. The van der Waals surface area contributed by atoms with E-state index < -0.39 is 6.10 Å². The van der Waals surface area contributed by atoms with Crippen molar-refractivity contribution in [2.45, 2.75) is 38.0 Å². The van der Waals surface area contributed by atoms with Crippen molar-refractivity contribution in [2.24, 2.45) is 0 Å². The number of aliphatic hydroxyl groups is 1. The third kappa shape index (κ3) is 5.65. The third-order valence-electron chi connectivity index (χ3n) is 5.25. The molecule has 0 spiro atoms. The zero-order valence-corrected chi connectivity index (χ0v) is 15.8. The number of nitrogens with zero attached hydrogens (tertiary/aromatic N) is 2. The summed E-state index contributed by atoms with van der Waals surface area (Å²) in [6, 6.07) is 6.40. The average Bonchev–Trinajstić information content (AvgIpc) is 2.68. The van der Waals surface area contributed by atoms with Crippen LogP contribution in [0.5, 0.6) is 0 Å². The zero-order chi connectivity index (χ0) is 19.2. The van der Waals surface area contributed by atoms with Gasteiger partial charge < -0.3 is 20.2 Å². The van der Waals surface area contributed by atoms with Gasteiger partial charge in [0.2, 0.25) is 0 Å². The number of piperidine rings is 1. The van der Waals surface area contributed by atoms with E-state index in [1.54, 1.807) is 18.2 Å². The van der Waals surface area contributed by atoms with Crippen molar-refractivity contribution < 1.29 is 14.3 Å². The van der Waals surface area contributed by atoms with Crippen molar-refractivity contribution in [1.82, 2.24) is 15.1 Å². The maximum absolute atomic E-state index is 13.2. The molecule has 1 aliphatic carbocycles. The molecule has 2 N–H and O–H groups in total. The van der Waals surface area contributed by atoms with Crippen molar-refractivity contribution in [3.63, 3.8) is 0 Å². The van der Waals surface area contributed by atoms with E-state index in [1.807, 2.05) is 17.1 Å². The number of carbonyl (C=O) groups is 1. The van der Waals surface area contributed by atoms with Gasteiger partial charge in [0.05, 0.1) is 6.10 Å². The molecule has 1 aromatic carbocycles. The molecule has 146 valence electrons. The lowest BCUT2D eigenvalue weighted by molar-refractivity contribution is 0.127. The molecule has 6 heteroatoms. The van der Waals surface area contributed by atoms with Crippen molar-refractivity contribution in [2.75, 3.05) is 26.7 Å². The molecule has 3 rings (SSSR count). The molecule has 5 nitrogen and oxygen atoms in total. The van der Waals surface area contributed by atoms with Crippen molar-refractivity contribution in [1.29, 1.82) is 0 Å². The monoisotopic (exact) mass is 373 g/mol. The second-order valence-corrected chi connectivity index (χ2v) is 7.39. The molecule has 0 aromatic heterocycles. The summed E-state index contributed by atoms with van der Waals surface area (Å²) < 4.78 is 13.2. The molecule has 2 aliphatic rings. The highest BCUT2D eigenvalue weighted by molar-refractivity contribution is 5.75. The first-order valence-corrected chi connectivity index (χ1v) is 9.54. The second-order valence-electron chi connectivity index (χ2n) is 7.39. The minimum absolute atomic E-state index is 0.102. The van der Waals surface area contributed by atoms with E-state index >= 15 is 0 Å². The topological polar surface area (TPSA) is 55.8 Å². The Morgan fingerprint density at radius 3 is 2.63 bits per heavy atom. The number of likely N-dealkylation sites (tertiary alicyclic amines) is 1. The fraction of sp³-hybridized carbons (Fsp3) is 0.476. The molecule has 0 saturated carbocycles. The standard InChI is InChI=1S/C21H28FN3O2/c1-24-12-10-19(11-13-24)25(15-17-2-6-18(22)7-3-17)21(27)23-14-16-4-8-20(26)9-5-16/h2-8,19-20,26H,9-15H2,1H3,(H,23,27). The highest BCUT2D eigenvalue weighted by atomic mass is 19.1. The summed E-state index contributed by atoms with van der Waals surface area (Å²) in [4.78, 5) is 17.1. The average molecular weight is 373 g/mol. The number of carbonyl (C=O) groups excluding carboxylic acids is 1. The number of rotatable bonds is 5. The largest absolute Gasteiger partial charge is 0.389 e. The number of amides is 2. The van der Waals surface area contributed by atoms with Crippen molar-refractivity contribution in [3.05, 3.63) is 59.4 Å². The molecular weight excluding hydrogens is 345 g/mol. The summed E-state index contributed by atoms with van der Waals surface area (Å²) >= 11 is 0. The molecule has 1 aromatic rings. The van der Waals surface area contributed by atoms with Crippen LogP contribution in [0.4, 0.5) is 9.18 Å². The van der Waals surface area contributed by atoms with Gasteiger partial charge in [0.25, 0.3) is 0 Å². The van der Waals surface area contributed by atoms with Crippen LogP contribution in [0.1, 0.15) is 24.8 Å². The lowest BCUT2D eigenvalue weighted by atomic mass is 10.0. The number of hydrogen-bond donors (Lipinski definition) is 2. The summed E-state index contributed by atoms with van der Waals surface area (Å²) in [7, 11) is 2.09. The Morgan fingerprint density at radius 1 is 1.30 bits per heavy atom. The van der Waals surface area contributed by atoms with Gasteiger partial charge in [0.1, 0.15) is 5.82 Å². The van der Waals surface area contributed by atoms with E-state index in [-0.39, 0.29) is 17.9 Å². The maximum atomic E-state index is 13.2. The zero-order valence-electron chi connectivity index (χ0n) is 15.8. The second kappa shape index (κ2) is 9.15. The lowest BCUT2D eigenvalue weighted by Gasteiger charge is -2.37. The van der Waals surface area contributed by atoms with Gasteiger partial charge in [0.15, 0.2) is 0 Å². The molecule has 1 atom stereocenters. The molecule has 0 bridgehead atoms. The van der Waals surface area contributed by atoms with E-state index in [0.29, 0.717) is 19.5 Å². The van der Waals surface area contributed by atoms with Gasteiger partial charge in [-0.05, 0) is 62.7 Å². The van der Waals surface area contributed by atoms with Crippen LogP contribution >= 0.6 is 0 Å². The van der Waals surface area contributed by atoms with Crippen LogP contribution in [-0.2, 0) is 6.54 Å². The first-order valence-electron chi connectivity index (χ1n) is 9.54. The fourth-order valence-electron chi connectivity index (χ4n) is 3.52. The molecule has 1 heterocycles. The molecule has 1 fully saturated rings.